The zero-order valence-corrected chi connectivity index (χ0v) is 10.4. The predicted octanol–water partition coefficient (Wildman–Crippen LogP) is 2.26. The minimum Gasteiger partial charge on any atom is -0.383 e. The number of aldehydes is 1. The molecule has 5 heteroatoms. The number of carbonyl (C=O) groups excluding carboxylic acids is 1. The summed E-state index contributed by atoms with van der Waals surface area (Å²) in [7, 11) is 1.65. The maximum absolute atomic E-state index is 11.0. The summed E-state index contributed by atoms with van der Waals surface area (Å²) in [6.07, 6.45) is 4.36. The van der Waals surface area contributed by atoms with Crippen LogP contribution in [0.2, 0.25) is 0 Å². The first-order chi connectivity index (χ1) is 7.77. The van der Waals surface area contributed by atoms with Crippen LogP contribution in [0, 0.1) is 0 Å². The Kier molecular flexibility index (Phi) is 3.36. The third-order valence-electron chi connectivity index (χ3n) is 2.40. The van der Waals surface area contributed by atoms with Gasteiger partial charge in [0.2, 0.25) is 0 Å². The van der Waals surface area contributed by atoms with Gasteiger partial charge in [0.05, 0.1) is 6.61 Å². The van der Waals surface area contributed by atoms with Crippen molar-refractivity contribution in [3.63, 3.8) is 0 Å². The number of methoxy groups -OCH3 is 1. The van der Waals surface area contributed by atoms with Crippen molar-refractivity contribution in [2.45, 2.75) is 6.54 Å². The van der Waals surface area contributed by atoms with E-state index in [9.17, 15) is 4.79 Å². The molecule has 0 spiro atoms. The molecule has 0 N–H and O–H groups in total. The summed E-state index contributed by atoms with van der Waals surface area (Å²) in [5, 5.41) is 0.855. The van der Waals surface area contributed by atoms with E-state index >= 15 is 0 Å². The van der Waals surface area contributed by atoms with Gasteiger partial charge in [-0.3, -0.25) is 4.79 Å². The molecular formula is C11H11BrN2O2. The Morgan fingerprint density at radius 1 is 1.62 bits per heavy atom. The van der Waals surface area contributed by atoms with Gasteiger partial charge < -0.3 is 9.30 Å². The van der Waals surface area contributed by atoms with Gasteiger partial charge in [-0.05, 0) is 22.0 Å². The Labute approximate surface area is 101 Å². The Balaban J connectivity index is 2.59. The average Bonchev–Trinajstić information content (AvgIpc) is 2.66. The summed E-state index contributed by atoms with van der Waals surface area (Å²) in [6, 6.07) is 1.83. The van der Waals surface area contributed by atoms with Crippen LogP contribution in [0.3, 0.4) is 0 Å². The number of ether oxygens (including phenoxy) is 1. The summed E-state index contributed by atoms with van der Waals surface area (Å²) < 4.78 is 7.83. The van der Waals surface area contributed by atoms with E-state index in [1.54, 1.807) is 19.5 Å². The topological polar surface area (TPSA) is 44.1 Å². The van der Waals surface area contributed by atoms with Crippen molar-refractivity contribution in [1.29, 1.82) is 0 Å². The zero-order chi connectivity index (χ0) is 11.5. The minimum atomic E-state index is 0.594. The van der Waals surface area contributed by atoms with Gasteiger partial charge in [-0.2, -0.15) is 0 Å². The van der Waals surface area contributed by atoms with E-state index in [4.69, 9.17) is 4.74 Å². The third-order valence-corrected chi connectivity index (χ3v) is 3.06. The van der Waals surface area contributed by atoms with E-state index in [0.717, 1.165) is 21.8 Å². The number of hydrogen-bond acceptors (Lipinski definition) is 3. The molecule has 0 aliphatic heterocycles. The molecule has 0 bridgehead atoms. The standard InChI is InChI=1S/C11H11BrN2O2/c1-16-5-4-14-6-8(7-15)10-9(12)2-3-13-11(10)14/h2-3,6-7H,4-5H2,1H3. The molecule has 2 rings (SSSR count). The van der Waals surface area contributed by atoms with Gasteiger partial charge in [-0.15, -0.1) is 0 Å². The molecule has 0 radical (unpaired) electrons. The molecule has 0 aliphatic rings. The smallest absolute Gasteiger partial charge is 0.152 e. The fraction of sp³-hybridized carbons (Fsp3) is 0.273. The molecule has 2 heterocycles. The van der Waals surface area contributed by atoms with Crippen molar-refractivity contribution in [2.24, 2.45) is 0 Å². The Morgan fingerprint density at radius 2 is 2.44 bits per heavy atom. The van der Waals surface area contributed by atoms with Crippen LogP contribution < -0.4 is 0 Å². The highest BCUT2D eigenvalue weighted by molar-refractivity contribution is 9.10. The zero-order valence-electron chi connectivity index (χ0n) is 8.81. The normalized spacial score (nSPS) is 10.9. The Bertz CT molecular complexity index is 522. The molecular weight excluding hydrogens is 272 g/mol. The number of hydrogen-bond donors (Lipinski definition) is 0. The predicted molar refractivity (Wildman–Crippen MR) is 64.7 cm³/mol. The van der Waals surface area contributed by atoms with Crippen LogP contribution in [0.5, 0.6) is 0 Å². The lowest BCUT2D eigenvalue weighted by atomic mass is 10.2. The van der Waals surface area contributed by atoms with Gasteiger partial charge in [0.25, 0.3) is 0 Å². The van der Waals surface area contributed by atoms with Crippen molar-refractivity contribution >= 4 is 33.2 Å². The quantitative estimate of drug-likeness (QED) is 0.808. The van der Waals surface area contributed by atoms with Crippen LogP contribution >= 0.6 is 15.9 Å². The van der Waals surface area contributed by atoms with Gasteiger partial charge in [-0.25, -0.2) is 4.98 Å². The Hall–Kier alpha value is -1.20. The maximum atomic E-state index is 11.0. The van der Waals surface area contributed by atoms with Crippen LogP contribution in [0.4, 0.5) is 0 Å². The second kappa shape index (κ2) is 4.76. The second-order valence-electron chi connectivity index (χ2n) is 3.38. The monoisotopic (exact) mass is 282 g/mol. The van der Waals surface area contributed by atoms with Crippen LogP contribution in [-0.2, 0) is 11.3 Å². The molecule has 0 saturated carbocycles. The van der Waals surface area contributed by atoms with Crippen molar-refractivity contribution in [2.75, 3.05) is 13.7 Å². The van der Waals surface area contributed by atoms with E-state index in [-0.39, 0.29) is 0 Å². The highest BCUT2D eigenvalue weighted by Crippen LogP contribution is 2.26. The SMILES string of the molecule is COCCn1cc(C=O)c2c(Br)ccnc21. The third kappa shape index (κ3) is 1.88. The molecule has 4 nitrogen and oxygen atoms in total. The molecule has 0 atom stereocenters. The number of fused-ring (bicyclic) bond motifs is 1. The highest BCUT2D eigenvalue weighted by Gasteiger charge is 2.11. The largest absolute Gasteiger partial charge is 0.383 e. The molecule has 84 valence electrons. The molecule has 0 unspecified atom stereocenters. The summed E-state index contributed by atoms with van der Waals surface area (Å²) in [6.45, 7) is 1.28. The van der Waals surface area contributed by atoms with E-state index in [0.29, 0.717) is 18.7 Å². The molecule has 2 aromatic heterocycles. The first-order valence-corrected chi connectivity index (χ1v) is 5.64. The summed E-state index contributed by atoms with van der Waals surface area (Å²) >= 11 is 3.43. The fourth-order valence-corrected chi connectivity index (χ4v) is 2.18. The minimum absolute atomic E-state index is 0.594. The van der Waals surface area contributed by atoms with Gasteiger partial charge in [-0.1, -0.05) is 0 Å². The Morgan fingerprint density at radius 3 is 3.12 bits per heavy atom. The van der Waals surface area contributed by atoms with Gasteiger partial charge in [0.15, 0.2) is 6.29 Å². The van der Waals surface area contributed by atoms with Crippen LogP contribution in [0.1, 0.15) is 10.4 Å². The van der Waals surface area contributed by atoms with Crippen LogP contribution in [0.25, 0.3) is 11.0 Å². The lowest BCUT2D eigenvalue weighted by molar-refractivity contribution is 0.112. The van der Waals surface area contributed by atoms with E-state index in [1.165, 1.54) is 0 Å². The van der Waals surface area contributed by atoms with Crippen molar-refractivity contribution in [3.8, 4) is 0 Å². The summed E-state index contributed by atoms with van der Waals surface area (Å²) in [4.78, 5) is 15.2. The maximum Gasteiger partial charge on any atom is 0.152 e. The average molecular weight is 283 g/mol. The van der Waals surface area contributed by atoms with Gasteiger partial charge in [0, 0.05) is 41.5 Å². The van der Waals surface area contributed by atoms with Crippen molar-refractivity contribution in [1.82, 2.24) is 9.55 Å². The molecule has 0 aromatic carbocycles. The number of nitrogens with zero attached hydrogens (tertiary/aromatic N) is 2. The molecule has 0 amide bonds. The molecule has 2 aromatic rings. The van der Waals surface area contributed by atoms with E-state index in [2.05, 4.69) is 20.9 Å². The first kappa shape index (κ1) is 11.3. The number of aromatic nitrogens is 2. The van der Waals surface area contributed by atoms with Gasteiger partial charge >= 0.3 is 0 Å². The number of halogens is 1. The number of pyridine rings is 1. The molecule has 0 aliphatic carbocycles. The summed E-state index contributed by atoms with van der Waals surface area (Å²) in [5.74, 6) is 0. The van der Waals surface area contributed by atoms with Crippen LogP contribution in [-0.4, -0.2) is 29.6 Å². The van der Waals surface area contributed by atoms with E-state index < -0.39 is 0 Å². The van der Waals surface area contributed by atoms with E-state index in [1.807, 2.05) is 10.6 Å². The molecule has 16 heavy (non-hydrogen) atoms. The summed E-state index contributed by atoms with van der Waals surface area (Å²) in [5.41, 5.74) is 1.44. The number of rotatable bonds is 4. The van der Waals surface area contributed by atoms with Crippen molar-refractivity contribution < 1.29 is 9.53 Å². The first-order valence-electron chi connectivity index (χ1n) is 4.85. The lowest BCUT2D eigenvalue weighted by Crippen LogP contribution is -2.03. The second-order valence-corrected chi connectivity index (χ2v) is 4.23. The lowest BCUT2D eigenvalue weighted by Gasteiger charge is -2.03. The molecule has 0 fully saturated rings. The van der Waals surface area contributed by atoms with Gasteiger partial charge in [0.1, 0.15) is 5.65 Å². The number of carbonyl (C=O) groups is 1. The van der Waals surface area contributed by atoms with Crippen molar-refractivity contribution in [3.05, 3.63) is 28.5 Å². The van der Waals surface area contributed by atoms with Crippen LogP contribution in [0.15, 0.2) is 22.9 Å². The molecule has 0 saturated heterocycles. The fourth-order valence-electron chi connectivity index (χ4n) is 1.66. The highest BCUT2D eigenvalue weighted by atomic mass is 79.9.